The van der Waals surface area contributed by atoms with E-state index < -0.39 is 0 Å². The molecule has 4 rings (SSSR count). The standard InChI is InChI=1S/4C9H17NO2.2C9H19NO.6CH4/c4*1-6-7(2)12-5-8(9(6)11)10(3)4;2*1-6-7(2)9(11)8(3)10(4)5;;;;;;/h4*8-9,11H,5H2,1-4H3;2*6,8-9,11H,1-5H3;6*1H4/b;;;;2*7-6+;;;;;;/t2*8-,9+;2*8-,9-;8-,9+;8-,9-;;;;;;/m001101....../s1. The number of hydrogen-bond acceptors (Lipinski definition) is 16. The molecule has 0 unspecified atom stereocenters. The topological polar surface area (TPSA) is 178 Å². The Morgan fingerprint density at radius 1 is 0.395 bits per heavy atom. The van der Waals surface area contributed by atoms with Gasteiger partial charge in [-0.1, -0.05) is 56.7 Å². The third-order valence-corrected chi connectivity index (χ3v) is 14.4. The number of ether oxygens (including phenoxy) is 4. The van der Waals surface area contributed by atoms with E-state index in [1.807, 2.05) is 223 Å². The summed E-state index contributed by atoms with van der Waals surface area (Å²) in [6.45, 7) is 29.4. The van der Waals surface area contributed by atoms with Crippen LogP contribution in [-0.4, -0.2) is 244 Å². The van der Waals surface area contributed by atoms with Crippen molar-refractivity contribution in [1.29, 1.82) is 0 Å². The molecule has 16 nitrogen and oxygen atoms in total. The van der Waals surface area contributed by atoms with Crippen molar-refractivity contribution < 1.29 is 49.6 Å². The Balaban J connectivity index is -0.000000120. The van der Waals surface area contributed by atoms with Gasteiger partial charge in [0, 0.05) is 12.1 Å². The van der Waals surface area contributed by atoms with Gasteiger partial charge in [0.15, 0.2) is 0 Å². The van der Waals surface area contributed by atoms with Gasteiger partial charge in [-0.15, -0.1) is 0 Å². The van der Waals surface area contributed by atoms with Gasteiger partial charge in [0.1, 0.15) is 26.4 Å². The van der Waals surface area contributed by atoms with Gasteiger partial charge in [0.25, 0.3) is 0 Å². The van der Waals surface area contributed by atoms with Crippen molar-refractivity contribution in [3.05, 3.63) is 68.6 Å². The van der Waals surface area contributed by atoms with Gasteiger partial charge in [0.2, 0.25) is 0 Å². The lowest BCUT2D eigenvalue weighted by atomic mass is 10.0. The van der Waals surface area contributed by atoms with Crippen LogP contribution in [0.3, 0.4) is 0 Å². The van der Waals surface area contributed by atoms with Crippen LogP contribution in [0.5, 0.6) is 0 Å². The monoisotopic (exact) mass is 1090 g/mol. The predicted molar refractivity (Wildman–Crippen MR) is 329 cm³/mol. The highest BCUT2D eigenvalue weighted by Crippen LogP contribution is 2.24. The zero-order valence-corrected chi connectivity index (χ0v) is 48.9. The summed E-state index contributed by atoms with van der Waals surface area (Å²) in [7, 11) is 23.5. The molecule has 4 aliphatic heterocycles. The summed E-state index contributed by atoms with van der Waals surface area (Å²) in [6.07, 6.45) is 1.70. The Kier molecular flexibility index (Phi) is 51.9. The van der Waals surface area contributed by atoms with Crippen molar-refractivity contribution in [3.63, 3.8) is 0 Å². The highest BCUT2D eigenvalue weighted by molar-refractivity contribution is 5.17. The molecule has 4 aliphatic rings. The molecule has 0 bridgehead atoms. The van der Waals surface area contributed by atoms with Gasteiger partial charge in [-0.2, -0.15) is 0 Å². The Bertz CT molecular complexity index is 1500. The molecule has 460 valence electrons. The van der Waals surface area contributed by atoms with Crippen molar-refractivity contribution >= 4 is 0 Å². The first-order chi connectivity index (χ1) is 32.2. The Morgan fingerprint density at radius 2 is 0.553 bits per heavy atom. The van der Waals surface area contributed by atoms with Gasteiger partial charge >= 0.3 is 0 Å². The zero-order valence-electron chi connectivity index (χ0n) is 48.9. The summed E-state index contributed by atoms with van der Waals surface area (Å²) in [5.74, 6) is 3.45. The first-order valence-corrected chi connectivity index (χ1v) is 24.7. The number of nitrogens with zero attached hydrogens (tertiary/aromatic N) is 6. The molecule has 4 heterocycles. The van der Waals surface area contributed by atoms with Crippen LogP contribution in [0, 0.1) is 0 Å². The number of allylic oxidation sites excluding steroid dienone is 6. The largest absolute Gasteiger partial charge is 0.496 e. The Morgan fingerprint density at radius 3 is 0.671 bits per heavy atom. The van der Waals surface area contributed by atoms with Crippen LogP contribution < -0.4 is 0 Å². The quantitative estimate of drug-likeness (QED) is 0.114. The molecular weight excluding hydrogens is 965 g/mol. The van der Waals surface area contributed by atoms with Crippen LogP contribution in [0.2, 0.25) is 0 Å². The van der Waals surface area contributed by atoms with E-state index in [1.165, 1.54) is 0 Å². The fraction of sp³-hybridized carbons (Fsp3) is 0.800. The van der Waals surface area contributed by atoms with Crippen molar-refractivity contribution in [2.24, 2.45) is 0 Å². The summed E-state index contributed by atoms with van der Waals surface area (Å²) in [5.41, 5.74) is 5.84. The first-order valence-electron chi connectivity index (χ1n) is 24.7. The number of aliphatic hydroxyl groups is 6. The molecular formula is C60H130N6O10. The lowest BCUT2D eigenvalue weighted by molar-refractivity contribution is 0.0207. The second-order valence-corrected chi connectivity index (χ2v) is 20.5. The van der Waals surface area contributed by atoms with Crippen molar-refractivity contribution in [1.82, 2.24) is 29.4 Å². The predicted octanol–water partition coefficient (Wildman–Crippen LogP) is 8.75. The highest BCUT2D eigenvalue weighted by atomic mass is 16.5. The van der Waals surface area contributed by atoms with Gasteiger partial charge < -0.3 is 79.0 Å². The summed E-state index contributed by atoms with van der Waals surface area (Å²) in [6, 6.07) is 0.738. The number of aliphatic hydroxyl groups excluding tert-OH is 6. The minimum absolute atomic E-state index is 0. The van der Waals surface area contributed by atoms with Gasteiger partial charge in [-0.3, -0.25) is 0 Å². The zero-order chi connectivity index (χ0) is 55.2. The van der Waals surface area contributed by atoms with E-state index in [2.05, 4.69) is 0 Å². The molecule has 0 spiro atoms. The van der Waals surface area contributed by atoms with Crippen molar-refractivity contribution in [2.75, 3.05) is 111 Å². The molecule has 0 saturated carbocycles. The van der Waals surface area contributed by atoms with Crippen LogP contribution in [0.4, 0.5) is 0 Å². The minimum Gasteiger partial charge on any atom is -0.496 e. The molecule has 12 atom stereocenters. The maximum atomic E-state index is 9.80. The lowest BCUT2D eigenvalue weighted by Gasteiger charge is -2.34. The molecule has 0 aromatic heterocycles. The molecule has 76 heavy (non-hydrogen) atoms. The summed E-state index contributed by atoms with van der Waals surface area (Å²) >= 11 is 0. The first kappa shape index (κ1) is 89.7. The third kappa shape index (κ3) is 29.4. The van der Waals surface area contributed by atoms with Crippen LogP contribution in [0.25, 0.3) is 0 Å². The van der Waals surface area contributed by atoms with E-state index in [1.54, 1.807) is 0 Å². The second kappa shape index (κ2) is 44.0. The lowest BCUT2D eigenvalue weighted by Crippen LogP contribution is -2.45. The van der Waals surface area contributed by atoms with E-state index in [4.69, 9.17) is 18.9 Å². The normalized spacial score (nSPS) is 24.9. The van der Waals surface area contributed by atoms with Gasteiger partial charge in [0.05, 0.1) is 83.8 Å². The van der Waals surface area contributed by atoms with E-state index in [0.29, 0.717) is 26.4 Å². The average molecular weight is 1100 g/mol. The molecule has 16 heteroatoms. The van der Waals surface area contributed by atoms with E-state index >= 15 is 0 Å². The van der Waals surface area contributed by atoms with E-state index in [0.717, 1.165) is 56.5 Å². The Labute approximate surface area is 471 Å². The number of likely N-dealkylation sites (N-methyl/N-ethyl adjacent to an activating group) is 6. The fourth-order valence-corrected chi connectivity index (χ4v) is 7.04. The molecule has 0 fully saturated rings. The smallest absolute Gasteiger partial charge is 0.106 e. The average Bonchev–Trinajstić information content (AvgIpc) is 3.29. The SMILES string of the molecule is C.C.C.C.C.C.C/C=C(\C)[C@@H](O)[C@@H](C)N(C)C.C/C=C(\C)[C@@H](O)[C@H](C)N(C)C.CC1=C(C)[C@@H](O)[C@@H](N(C)C)CO1.CC1=C(C)[C@@H](O)[C@@H](N(C)C)CO1.CC1=C(C)[C@@H](O)[C@H](N(C)C)CO1.CC1=C(C)[C@@H](O)[C@H](N(C)C)CO1. The van der Waals surface area contributed by atoms with E-state index in [-0.39, 0.29) is 117 Å². The molecule has 0 radical (unpaired) electrons. The molecule has 0 aromatic rings. The van der Waals surface area contributed by atoms with Crippen LogP contribution in [-0.2, 0) is 18.9 Å². The molecule has 0 saturated heterocycles. The van der Waals surface area contributed by atoms with Gasteiger partial charge in [-0.25, -0.2) is 0 Å². The van der Waals surface area contributed by atoms with Crippen LogP contribution in [0.15, 0.2) is 68.6 Å². The van der Waals surface area contributed by atoms with Crippen LogP contribution >= 0.6 is 0 Å². The second-order valence-electron chi connectivity index (χ2n) is 20.5. The maximum absolute atomic E-state index is 9.80. The van der Waals surface area contributed by atoms with E-state index in [9.17, 15) is 30.6 Å². The Hall–Kier alpha value is -2.84. The third-order valence-electron chi connectivity index (χ3n) is 14.4. The van der Waals surface area contributed by atoms with Crippen molar-refractivity contribution in [2.45, 2.75) is 214 Å². The molecule has 6 N–H and O–H groups in total. The highest BCUT2D eigenvalue weighted by Gasteiger charge is 2.32. The molecule has 0 aromatic carbocycles. The maximum Gasteiger partial charge on any atom is 0.106 e. The fourth-order valence-electron chi connectivity index (χ4n) is 7.04. The number of hydrogen-bond donors (Lipinski definition) is 6. The summed E-state index contributed by atoms with van der Waals surface area (Å²) in [4.78, 5) is 12.0. The molecule has 0 aliphatic carbocycles. The minimum atomic E-state index is -0.381. The molecule has 0 amide bonds. The summed E-state index contributed by atoms with van der Waals surface area (Å²) in [5, 5.41) is 58.5. The summed E-state index contributed by atoms with van der Waals surface area (Å²) < 4.78 is 21.6. The number of rotatable bonds is 10. The van der Waals surface area contributed by atoms with Crippen LogP contribution in [0.1, 0.15) is 141 Å². The van der Waals surface area contributed by atoms with Crippen molar-refractivity contribution in [3.8, 4) is 0 Å². The van der Waals surface area contributed by atoms with Gasteiger partial charge in [-0.05, 0) is 215 Å².